The van der Waals surface area contributed by atoms with Crippen molar-refractivity contribution in [3.63, 3.8) is 0 Å². The summed E-state index contributed by atoms with van der Waals surface area (Å²) in [6.45, 7) is 9.71. The van der Waals surface area contributed by atoms with Gasteiger partial charge in [0.15, 0.2) is 0 Å². The lowest BCUT2D eigenvalue weighted by molar-refractivity contribution is -0.135. The molecule has 1 aliphatic heterocycles. The van der Waals surface area contributed by atoms with Crippen LogP contribution in [0.3, 0.4) is 0 Å². The van der Waals surface area contributed by atoms with Gasteiger partial charge in [0.1, 0.15) is 17.9 Å². The summed E-state index contributed by atoms with van der Waals surface area (Å²) < 4.78 is 19.0. The maximum atomic E-state index is 13.3. The molecule has 2 heterocycles. The minimum atomic E-state index is -1.07. The lowest BCUT2D eigenvalue weighted by Gasteiger charge is -2.22. The van der Waals surface area contributed by atoms with Gasteiger partial charge in [-0.2, -0.15) is 0 Å². The van der Waals surface area contributed by atoms with Crippen molar-refractivity contribution >= 4 is 23.6 Å². The standard InChI is InChI=1S/C24H30FN5O5/c1-13(2)17(26-16(31)12-30-21(33)24(5,6)29(7)22(30)34)18(32)19-27-28-20(35-19)23(3,4)14-8-10-15(25)11-9-14/h8-11,13,17H,12H2,1-7H3,(H,26,31)/t17-/m0/s1. The number of hydrogen-bond acceptors (Lipinski definition) is 7. The quantitative estimate of drug-likeness (QED) is 0.448. The van der Waals surface area contributed by atoms with Crippen LogP contribution in [0.2, 0.25) is 0 Å². The number of carbonyl (C=O) groups excluding carboxylic acids is 4. The van der Waals surface area contributed by atoms with E-state index in [2.05, 4.69) is 15.5 Å². The lowest BCUT2D eigenvalue weighted by atomic mass is 9.84. The Balaban J connectivity index is 1.76. The molecule has 0 unspecified atom stereocenters. The third kappa shape index (κ3) is 4.80. The minimum Gasteiger partial charge on any atom is -0.417 e. The van der Waals surface area contributed by atoms with Crippen LogP contribution >= 0.6 is 0 Å². The Bertz CT molecular complexity index is 1160. The van der Waals surface area contributed by atoms with E-state index in [1.165, 1.54) is 24.1 Å². The molecule has 1 aliphatic rings. The molecular formula is C24H30FN5O5. The molecule has 35 heavy (non-hydrogen) atoms. The second kappa shape index (κ2) is 9.20. The first-order chi connectivity index (χ1) is 16.2. The molecule has 0 spiro atoms. The topological polar surface area (TPSA) is 126 Å². The number of benzene rings is 1. The Labute approximate surface area is 202 Å². The zero-order valence-electron chi connectivity index (χ0n) is 20.9. The molecule has 3 rings (SSSR count). The van der Waals surface area contributed by atoms with E-state index in [4.69, 9.17) is 4.42 Å². The van der Waals surface area contributed by atoms with E-state index in [1.54, 1.807) is 53.7 Å². The number of imide groups is 1. The Morgan fingerprint density at radius 1 is 1.14 bits per heavy atom. The summed E-state index contributed by atoms with van der Waals surface area (Å²) in [7, 11) is 1.49. The SMILES string of the molecule is CC(C)[C@H](NC(=O)CN1C(=O)N(C)C(C)(C)C1=O)C(=O)c1nnc(C(C)(C)c2ccc(F)cc2)o1. The van der Waals surface area contributed by atoms with Crippen LogP contribution in [0.4, 0.5) is 9.18 Å². The van der Waals surface area contributed by atoms with Crippen LogP contribution in [0, 0.1) is 11.7 Å². The molecule has 0 bridgehead atoms. The molecule has 1 aromatic heterocycles. The third-order valence-corrected chi connectivity index (χ3v) is 6.43. The molecule has 4 amide bonds. The van der Waals surface area contributed by atoms with Crippen LogP contribution in [-0.2, 0) is 15.0 Å². The third-order valence-electron chi connectivity index (χ3n) is 6.43. The summed E-state index contributed by atoms with van der Waals surface area (Å²) in [5.74, 6) is -2.64. The molecule has 1 saturated heterocycles. The van der Waals surface area contributed by atoms with Crippen molar-refractivity contribution in [2.45, 2.75) is 58.5 Å². The first-order valence-corrected chi connectivity index (χ1v) is 11.2. The molecule has 1 atom stereocenters. The number of amides is 4. The fourth-order valence-electron chi connectivity index (χ4n) is 3.72. The predicted molar refractivity (Wildman–Crippen MR) is 123 cm³/mol. The first-order valence-electron chi connectivity index (χ1n) is 11.2. The largest absolute Gasteiger partial charge is 0.417 e. The van der Waals surface area contributed by atoms with Gasteiger partial charge in [0.2, 0.25) is 17.6 Å². The van der Waals surface area contributed by atoms with Crippen molar-refractivity contribution in [2.24, 2.45) is 5.92 Å². The Morgan fingerprint density at radius 2 is 1.74 bits per heavy atom. The van der Waals surface area contributed by atoms with Gasteiger partial charge >= 0.3 is 6.03 Å². The summed E-state index contributed by atoms with van der Waals surface area (Å²) in [6, 6.07) is 4.21. The van der Waals surface area contributed by atoms with E-state index < -0.39 is 47.2 Å². The number of urea groups is 1. The van der Waals surface area contributed by atoms with Crippen LogP contribution < -0.4 is 5.32 Å². The summed E-state index contributed by atoms with van der Waals surface area (Å²) >= 11 is 0. The second-order valence-corrected chi connectivity index (χ2v) is 9.99. The van der Waals surface area contributed by atoms with Gasteiger partial charge < -0.3 is 14.6 Å². The predicted octanol–water partition coefficient (Wildman–Crippen LogP) is 2.53. The highest BCUT2D eigenvalue weighted by Crippen LogP contribution is 2.31. The van der Waals surface area contributed by atoms with Crippen molar-refractivity contribution in [1.82, 2.24) is 25.3 Å². The van der Waals surface area contributed by atoms with Crippen molar-refractivity contribution in [1.29, 1.82) is 0 Å². The van der Waals surface area contributed by atoms with Crippen LogP contribution in [0.15, 0.2) is 28.7 Å². The number of nitrogens with zero attached hydrogens (tertiary/aromatic N) is 4. The van der Waals surface area contributed by atoms with E-state index in [0.29, 0.717) is 5.56 Å². The molecule has 1 N–H and O–H groups in total. The number of aromatic nitrogens is 2. The maximum Gasteiger partial charge on any atom is 0.327 e. The normalized spacial score (nSPS) is 16.7. The fraction of sp³-hybridized carbons (Fsp3) is 0.500. The van der Waals surface area contributed by atoms with E-state index in [1.807, 2.05) is 0 Å². The Hall–Kier alpha value is -3.63. The van der Waals surface area contributed by atoms with Gasteiger partial charge in [-0.15, -0.1) is 10.2 Å². The number of nitrogens with one attached hydrogen (secondary N) is 1. The van der Waals surface area contributed by atoms with Gasteiger partial charge in [0.25, 0.3) is 11.8 Å². The Morgan fingerprint density at radius 3 is 2.26 bits per heavy atom. The van der Waals surface area contributed by atoms with Crippen LogP contribution in [0.1, 0.15) is 63.7 Å². The summed E-state index contributed by atoms with van der Waals surface area (Å²) in [5.41, 5.74) is -1.16. The van der Waals surface area contributed by atoms with Gasteiger partial charge in [0, 0.05) is 7.05 Å². The van der Waals surface area contributed by atoms with Gasteiger partial charge in [-0.1, -0.05) is 26.0 Å². The lowest BCUT2D eigenvalue weighted by Crippen LogP contribution is -2.49. The average Bonchev–Trinajstić information content (AvgIpc) is 3.34. The number of Topliss-reactive ketones (excluding diaryl/α,β-unsaturated/α-hetero) is 1. The highest BCUT2D eigenvalue weighted by Gasteiger charge is 2.50. The van der Waals surface area contributed by atoms with E-state index in [0.717, 1.165) is 4.90 Å². The van der Waals surface area contributed by atoms with E-state index in [9.17, 15) is 23.6 Å². The molecule has 1 aromatic carbocycles. The number of hydrogen-bond donors (Lipinski definition) is 1. The molecule has 0 aliphatic carbocycles. The van der Waals surface area contributed by atoms with E-state index >= 15 is 0 Å². The molecular weight excluding hydrogens is 457 g/mol. The van der Waals surface area contributed by atoms with Crippen molar-refractivity contribution in [2.75, 3.05) is 13.6 Å². The van der Waals surface area contributed by atoms with Gasteiger partial charge in [0.05, 0.1) is 11.5 Å². The second-order valence-electron chi connectivity index (χ2n) is 9.99. The van der Waals surface area contributed by atoms with Gasteiger partial charge in [-0.3, -0.25) is 19.3 Å². The molecule has 2 aromatic rings. The number of rotatable bonds is 8. The Kier molecular flexibility index (Phi) is 6.83. The van der Waals surface area contributed by atoms with Gasteiger partial charge in [-0.05, 0) is 51.3 Å². The van der Waals surface area contributed by atoms with Crippen LogP contribution in [0.25, 0.3) is 0 Å². The molecule has 0 saturated carbocycles. The smallest absolute Gasteiger partial charge is 0.327 e. The van der Waals surface area contributed by atoms with Crippen molar-refractivity contribution in [3.8, 4) is 0 Å². The zero-order valence-corrected chi connectivity index (χ0v) is 20.9. The number of halogens is 1. The van der Waals surface area contributed by atoms with Crippen molar-refractivity contribution in [3.05, 3.63) is 47.4 Å². The monoisotopic (exact) mass is 487 g/mol. The highest BCUT2D eigenvalue weighted by atomic mass is 19.1. The molecule has 1 fully saturated rings. The molecule has 10 nitrogen and oxygen atoms in total. The number of likely N-dealkylation sites (N-methyl/N-ethyl adjacent to an activating group) is 1. The summed E-state index contributed by atoms with van der Waals surface area (Å²) in [6.07, 6.45) is 0. The van der Waals surface area contributed by atoms with E-state index in [-0.39, 0.29) is 23.5 Å². The number of ketones is 1. The van der Waals surface area contributed by atoms with Crippen LogP contribution in [0.5, 0.6) is 0 Å². The highest BCUT2D eigenvalue weighted by molar-refractivity contribution is 6.08. The summed E-state index contributed by atoms with van der Waals surface area (Å²) in [4.78, 5) is 52.9. The first kappa shape index (κ1) is 26.0. The zero-order chi connectivity index (χ0) is 26.3. The van der Waals surface area contributed by atoms with Crippen LogP contribution in [-0.4, -0.2) is 68.8 Å². The molecule has 188 valence electrons. The van der Waals surface area contributed by atoms with Gasteiger partial charge in [-0.25, -0.2) is 9.18 Å². The summed E-state index contributed by atoms with van der Waals surface area (Å²) in [5, 5.41) is 10.5. The average molecular weight is 488 g/mol. The molecule has 11 heteroatoms. The number of carbonyl (C=O) groups is 4. The van der Waals surface area contributed by atoms with Crippen molar-refractivity contribution < 1.29 is 28.0 Å². The fourth-order valence-corrected chi connectivity index (χ4v) is 3.72. The maximum absolute atomic E-state index is 13.3. The minimum absolute atomic E-state index is 0.153. The molecule has 0 radical (unpaired) electrons.